The lowest BCUT2D eigenvalue weighted by Crippen LogP contribution is -2.44. The topological polar surface area (TPSA) is 34.5 Å². The van der Waals surface area contributed by atoms with E-state index < -0.39 is 11.5 Å². The molecule has 1 aromatic carbocycles. The molecule has 0 radical (unpaired) electrons. The number of alkyl halides is 2. The number of nitrogens with zero attached hydrogens (tertiary/aromatic N) is 2. The molecule has 0 bridgehead atoms. The van der Waals surface area contributed by atoms with E-state index in [1.54, 1.807) is 37.6 Å². The molecule has 120 valence electrons. The number of aliphatic imine (C=N–C) groups is 1. The number of hydrogen-bond acceptors (Lipinski definition) is 3. The minimum Gasteiger partial charge on any atom is -0.495 e. The van der Waals surface area contributed by atoms with E-state index in [0.717, 1.165) is 5.69 Å². The maximum atomic E-state index is 14.7. The van der Waals surface area contributed by atoms with Gasteiger partial charge in [-0.1, -0.05) is 24.3 Å². The Bertz CT molecular complexity index is 797. The molecular formula is C18H18F2N2O. The standard InChI is InChI=1S/C18H18F2N2O/c1-11-15(23-4)9-12(10-21-11)16-13-7-5-6-8-14(13)18(19,20)17(2,3)22-16/h5-10H,1-4H3. The van der Waals surface area contributed by atoms with Crippen molar-refractivity contribution in [1.82, 2.24) is 4.98 Å². The largest absolute Gasteiger partial charge is 0.495 e. The molecule has 5 heteroatoms. The van der Waals surface area contributed by atoms with Gasteiger partial charge in [-0.25, -0.2) is 0 Å². The lowest BCUT2D eigenvalue weighted by Gasteiger charge is -2.37. The van der Waals surface area contributed by atoms with Crippen molar-refractivity contribution in [2.24, 2.45) is 4.99 Å². The summed E-state index contributed by atoms with van der Waals surface area (Å²) in [4.78, 5) is 8.64. The third-order valence-electron chi connectivity index (χ3n) is 4.21. The minimum atomic E-state index is -3.03. The molecule has 0 N–H and O–H groups in total. The average molecular weight is 316 g/mol. The first-order valence-corrected chi connectivity index (χ1v) is 7.36. The summed E-state index contributed by atoms with van der Waals surface area (Å²) in [5.41, 5.74) is 0.824. The lowest BCUT2D eigenvalue weighted by atomic mass is 9.82. The van der Waals surface area contributed by atoms with E-state index in [4.69, 9.17) is 4.74 Å². The van der Waals surface area contributed by atoms with Gasteiger partial charge in [-0.3, -0.25) is 9.98 Å². The highest BCUT2D eigenvalue weighted by Gasteiger charge is 2.52. The van der Waals surface area contributed by atoms with Crippen molar-refractivity contribution in [3.05, 3.63) is 58.9 Å². The van der Waals surface area contributed by atoms with Crippen molar-refractivity contribution >= 4 is 5.71 Å². The zero-order valence-electron chi connectivity index (χ0n) is 13.5. The SMILES string of the molecule is COc1cc(C2=NC(C)(C)C(F)(F)c3ccccc32)cnc1C. The molecule has 1 aromatic heterocycles. The molecule has 3 rings (SSSR count). The van der Waals surface area contributed by atoms with Gasteiger partial charge in [0.05, 0.1) is 18.5 Å². The van der Waals surface area contributed by atoms with Gasteiger partial charge >= 0.3 is 0 Å². The molecule has 2 heterocycles. The minimum absolute atomic E-state index is 0.00505. The number of halogens is 2. The molecule has 0 atom stereocenters. The second-order valence-corrected chi connectivity index (χ2v) is 6.15. The molecule has 1 aliphatic heterocycles. The normalized spacial score (nSPS) is 18.1. The number of aryl methyl sites for hydroxylation is 1. The van der Waals surface area contributed by atoms with Crippen LogP contribution in [0.3, 0.4) is 0 Å². The van der Waals surface area contributed by atoms with Crippen LogP contribution < -0.4 is 4.74 Å². The molecule has 0 unspecified atom stereocenters. The Kier molecular flexibility index (Phi) is 3.47. The van der Waals surface area contributed by atoms with Crippen LogP contribution in [0.4, 0.5) is 8.78 Å². The van der Waals surface area contributed by atoms with E-state index in [-0.39, 0.29) is 5.56 Å². The molecule has 0 spiro atoms. The second-order valence-electron chi connectivity index (χ2n) is 6.15. The number of methoxy groups -OCH3 is 1. The van der Waals surface area contributed by atoms with Crippen molar-refractivity contribution in [3.8, 4) is 5.75 Å². The van der Waals surface area contributed by atoms with Gasteiger partial charge in [0, 0.05) is 22.9 Å². The summed E-state index contributed by atoms with van der Waals surface area (Å²) in [6.07, 6.45) is 1.65. The van der Waals surface area contributed by atoms with Gasteiger partial charge in [0.25, 0.3) is 5.92 Å². The number of fused-ring (bicyclic) bond motifs is 1. The fourth-order valence-electron chi connectivity index (χ4n) is 2.77. The highest BCUT2D eigenvalue weighted by Crippen LogP contribution is 2.46. The van der Waals surface area contributed by atoms with E-state index in [1.165, 1.54) is 19.9 Å². The van der Waals surface area contributed by atoms with Crippen LogP contribution in [0.2, 0.25) is 0 Å². The smallest absolute Gasteiger partial charge is 0.297 e. The summed E-state index contributed by atoms with van der Waals surface area (Å²) in [6.45, 7) is 4.72. The highest BCUT2D eigenvalue weighted by molar-refractivity contribution is 6.14. The maximum absolute atomic E-state index is 14.7. The van der Waals surface area contributed by atoms with Crippen molar-refractivity contribution in [1.29, 1.82) is 0 Å². The third kappa shape index (κ3) is 2.31. The van der Waals surface area contributed by atoms with Crippen molar-refractivity contribution in [3.63, 3.8) is 0 Å². The summed E-state index contributed by atoms with van der Waals surface area (Å²) < 4.78 is 34.7. The summed E-state index contributed by atoms with van der Waals surface area (Å²) in [7, 11) is 1.56. The number of rotatable bonds is 2. The zero-order chi connectivity index (χ0) is 16.8. The first-order chi connectivity index (χ1) is 10.8. The monoisotopic (exact) mass is 316 g/mol. The second kappa shape index (κ2) is 5.11. The van der Waals surface area contributed by atoms with Crippen molar-refractivity contribution in [2.45, 2.75) is 32.2 Å². The van der Waals surface area contributed by atoms with Crippen LogP contribution in [0, 0.1) is 6.92 Å². The fraction of sp³-hybridized carbons (Fsp3) is 0.333. The number of benzene rings is 1. The van der Waals surface area contributed by atoms with Crippen molar-refractivity contribution < 1.29 is 13.5 Å². The van der Waals surface area contributed by atoms with E-state index in [0.29, 0.717) is 22.6 Å². The molecule has 2 aromatic rings. The highest BCUT2D eigenvalue weighted by atomic mass is 19.3. The molecule has 23 heavy (non-hydrogen) atoms. The number of hydrogen-bond donors (Lipinski definition) is 0. The molecule has 0 aliphatic carbocycles. The van der Waals surface area contributed by atoms with Crippen LogP contribution in [-0.4, -0.2) is 23.3 Å². The Morgan fingerprint density at radius 3 is 2.52 bits per heavy atom. The van der Waals surface area contributed by atoms with Crippen LogP contribution in [0.25, 0.3) is 0 Å². The van der Waals surface area contributed by atoms with E-state index in [1.807, 2.05) is 6.92 Å². The van der Waals surface area contributed by atoms with Crippen LogP contribution in [0.1, 0.15) is 36.2 Å². The van der Waals surface area contributed by atoms with Gasteiger partial charge in [0.2, 0.25) is 0 Å². The quantitative estimate of drug-likeness (QED) is 0.835. The first kappa shape index (κ1) is 15.6. The Labute approximate surface area is 134 Å². The Morgan fingerprint density at radius 1 is 1.13 bits per heavy atom. The van der Waals surface area contributed by atoms with Crippen LogP contribution >= 0.6 is 0 Å². The summed E-state index contributed by atoms with van der Waals surface area (Å²) >= 11 is 0. The van der Waals surface area contributed by atoms with Gasteiger partial charge in [0.15, 0.2) is 0 Å². The van der Waals surface area contributed by atoms with Gasteiger partial charge in [0.1, 0.15) is 11.3 Å². The number of aromatic nitrogens is 1. The lowest BCUT2D eigenvalue weighted by molar-refractivity contribution is -0.0681. The first-order valence-electron chi connectivity index (χ1n) is 7.36. The number of pyridine rings is 1. The summed E-state index contributed by atoms with van der Waals surface area (Å²) in [6, 6.07) is 8.28. The van der Waals surface area contributed by atoms with Gasteiger partial charge in [-0.15, -0.1) is 0 Å². The predicted octanol–water partition coefficient (Wildman–Crippen LogP) is 4.12. The van der Waals surface area contributed by atoms with Crippen LogP contribution in [-0.2, 0) is 5.92 Å². The summed E-state index contributed by atoms with van der Waals surface area (Å²) in [5.74, 6) is -2.42. The molecule has 0 amide bonds. The predicted molar refractivity (Wildman–Crippen MR) is 85.6 cm³/mol. The molecule has 0 saturated heterocycles. The van der Waals surface area contributed by atoms with Gasteiger partial charge in [-0.2, -0.15) is 8.78 Å². The van der Waals surface area contributed by atoms with Gasteiger partial charge in [-0.05, 0) is 26.8 Å². The Balaban J connectivity index is 2.25. The summed E-state index contributed by atoms with van der Waals surface area (Å²) in [5, 5.41) is 0. The average Bonchev–Trinajstić information content (AvgIpc) is 2.52. The maximum Gasteiger partial charge on any atom is 0.297 e. The molecule has 0 saturated carbocycles. The van der Waals surface area contributed by atoms with E-state index in [9.17, 15) is 8.78 Å². The van der Waals surface area contributed by atoms with Crippen molar-refractivity contribution in [2.75, 3.05) is 7.11 Å². The Morgan fingerprint density at radius 2 is 1.83 bits per heavy atom. The van der Waals surface area contributed by atoms with Crippen LogP contribution in [0.5, 0.6) is 5.75 Å². The fourth-order valence-corrected chi connectivity index (χ4v) is 2.77. The van der Waals surface area contributed by atoms with E-state index in [2.05, 4.69) is 9.98 Å². The zero-order valence-corrected chi connectivity index (χ0v) is 13.5. The number of ether oxygens (including phenoxy) is 1. The van der Waals surface area contributed by atoms with Gasteiger partial charge < -0.3 is 4.74 Å². The molecular weight excluding hydrogens is 298 g/mol. The van der Waals surface area contributed by atoms with E-state index >= 15 is 0 Å². The Hall–Kier alpha value is -2.30. The molecule has 3 nitrogen and oxygen atoms in total. The molecule has 0 fully saturated rings. The third-order valence-corrected chi connectivity index (χ3v) is 4.21. The molecule has 1 aliphatic rings. The van der Waals surface area contributed by atoms with Crippen LogP contribution in [0.15, 0.2) is 41.5 Å².